The van der Waals surface area contributed by atoms with Gasteiger partial charge in [-0.25, -0.2) is 10.3 Å². The van der Waals surface area contributed by atoms with Crippen molar-refractivity contribution in [3.63, 3.8) is 0 Å². The largest absolute Gasteiger partial charge is 0.338 e. The highest BCUT2D eigenvalue weighted by Gasteiger charge is 1.99. The summed E-state index contributed by atoms with van der Waals surface area (Å²) >= 11 is 0. The summed E-state index contributed by atoms with van der Waals surface area (Å²) in [6.07, 6.45) is 2.07. The van der Waals surface area contributed by atoms with Crippen LogP contribution in [0.2, 0.25) is 0 Å². The number of carbonyl (C=O) groups excluding carboxylic acids is 1. The number of rotatable bonds is 6. The van der Waals surface area contributed by atoms with Gasteiger partial charge in [-0.15, -0.1) is 0 Å². The van der Waals surface area contributed by atoms with Crippen LogP contribution in [0.4, 0.5) is 4.79 Å². The summed E-state index contributed by atoms with van der Waals surface area (Å²) in [5.74, 6) is 0.427. The quantitative estimate of drug-likeness (QED) is 0.492. The summed E-state index contributed by atoms with van der Waals surface area (Å²) in [7, 11) is 0. The number of hydroxylamine groups is 1. The molecule has 0 spiro atoms. The lowest BCUT2D eigenvalue weighted by Gasteiger charge is -2.08. The highest BCUT2D eigenvalue weighted by atomic mass is 16.7. The molecule has 4 heteroatoms. The Morgan fingerprint density at radius 2 is 2.15 bits per heavy atom. The van der Waals surface area contributed by atoms with Crippen LogP contribution in [-0.4, -0.2) is 19.2 Å². The zero-order chi connectivity index (χ0) is 10.1. The number of hydrogen-bond donors (Lipinski definition) is 2. The minimum absolute atomic E-state index is 0.255. The number of amides is 2. The van der Waals surface area contributed by atoms with Gasteiger partial charge in [-0.2, -0.15) is 0 Å². The van der Waals surface area contributed by atoms with Crippen molar-refractivity contribution in [2.75, 3.05) is 13.2 Å². The van der Waals surface area contributed by atoms with Gasteiger partial charge < -0.3 is 5.32 Å². The predicted molar refractivity (Wildman–Crippen MR) is 52.2 cm³/mol. The summed E-state index contributed by atoms with van der Waals surface area (Å²) in [6.45, 7) is 7.37. The van der Waals surface area contributed by atoms with E-state index in [0.29, 0.717) is 19.1 Å². The Labute approximate surface area is 80.0 Å². The average Bonchev–Trinajstić information content (AvgIpc) is 2.04. The molecule has 0 radical (unpaired) electrons. The van der Waals surface area contributed by atoms with E-state index in [1.165, 1.54) is 0 Å². The van der Waals surface area contributed by atoms with Gasteiger partial charge in [0.15, 0.2) is 0 Å². The number of carbonyl (C=O) groups is 1. The van der Waals surface area contributed by atoms with Crippen LogP contribution in [0.3, 0.4) is 0 Å². The van der Waals surface area contributed by atoms with Gasteiger partial charge >= 0.3 is 6.03 Å². The lowest BCUT2D eigenvalue weighted by Crippen LogP contribution is -2.36. The van der Waals surface area contributed by atoms with Gasteiger partial charge in [-0.05, 0) is 12.3 Å². The average molecular weight is 188 g/mol. The Morgan fingerprint density at radius 1 is 1.46 bits per heavy atom. The fraction of sp³-hybridized carbons (Fsp3) is 0.889. The van der Waals surface area contributed by atoms with Crippen LogP contribution >= 0.6 is 0 Å². The van der Waals surface area contributed by atoms with Crippen LogP contribution in [0.5, 0.6) is 0 Å². The molecule has 0 rings (SSSR count). The third-order valence-corrected chi connectivity index (χ3v) is 1.40. The van der Waals surface area contributed by atoms with E-state index in [4.69, 9.17) is 4.84 Å². The molecule has 2 N–H and O–H groups in total. The van der Waals surface area contributed by atoms with Crippen molar-refractivity contribution in [2.45, 2.75) is 33.6 Å². The van der Waals surface area contributed by atoms with Crippen LogP contribution in [0, 0.1) is 5.92 Å². The molecule has 0 aliphatic rings. The standard InChI is InChI=1S/C9H20N2O2/c1-4-5-6-10-9(12)11-13-7-8(2)3/h8H,4-7H2,1-3H3,(H2,10,11,12). The maximum absolute atomic E-state index is 11.0. The van der Waals surface area contributed by atoms with E-state index in [2.05, 4.69) is 17.7 Å². The van der Waals surface area contributed by atoms with Gasteiger partial charge in [0, 0.05) is 6.54 Å². The number of nitrogens with one attached hydrogen (secondary N) is 2. The number of unbranched alkanes of at least 4 members (excludes halogenated alkanes) is 1. The van der Waals surface area contributed by atoms with E-state index < -0.39 is 0 Å². The van der Waals surface area contributed by atoms with E-state index in [1.54, 1.807) is 0 Å². The summed E-state index contributed by atoms with van der Waals surface area (Å²) in [5, 5.41) is 2.68. The second-order valence-electron chi connectivity index (χ2n) is 3.42. The molecule has 78 valence electrons. The molecule has 0 saturated heterocycles. The van der Waals surface area contributed by atoms with Crippen LogP contribution in [0.1, 0.15) is 33.6 Å². The molecule has 4 nitrogen and oxygen atoms in total. The molecule has 2 amide bonds. The second kappa shape index (κ2) is 7.86. The van der Waals surface area contributed by atoms with Crippen molar-refractivity contribution in [2.24, 2.45) is 5.92 Å². The molecule has 0 aromatic heterocycles. The van der Waals surface area contributed by atoms with Gasteiger partial charge in [-0.3, -0.25) is 4.84 Å². The Balaban J connectivity index is 3.20. The molecule has 0 fully saturated rings. The first-order valence-electron chi connectivity index (χ1n) is 4.82. The Hall–Kier alpha value is -0.770. The molecule has 0 unspecified atom stereocenters. The minimum atomic E-state index is -0.255. The summed E-state index contributed by atoms with van der Waals surface area (Å²) < 4.78 is 0. The first-order valence-corrected chi connectivity index (χ1v) is 4.82. The van der Waals surface area contributed by atoms with E-state index in [1.807, 2.05) is 13.8 Å². The molecule has 0 heterocycles. The van der Waals surface area contributed by atoms with Crippen LogP contribution in [0.25, 0.3) is 0 Å². The van der Waals surface area contributed by atoms with E-state index in [9.17, 15) is 4.79 Å². The first kappa shape index (κ1) is 12.2. The SMILES string of the molecule is CCCCNC(=O)NOCC(C)C. The molecule has 13 heavy (non-hydrogen) atoms. The van der Waals surface area contributed by atoms with Crippen molar-refractivity contribution in [3.05, 3.63) is 0 Å². The third-order valence-electron chi connectivity index (χ3n) is 1.40. The molecule has 0 bridgehead atoms. The number of hydrogen-bond acceptors (Lipinski definition) is 2. The molecule has 0 atom stereocenters. The maximum atomic E-state index is 11.0. The molecule has 0 aromatic carbocycles. The minimum Gasteiger partial charge on any atom is -0.336 e. The zero-order valence-corrected chi connectivity index (χ0v) is 8.72. The zero-order valence-electron chi connectivity index (χ0n) is 8.72. The molecule has 0 saturated carbocycles. The smallest absolute Gasteiger partial charge is 0.336 e. The molecular weight excluding hydrogens is 168 g/mol. The maximum Gasteiger partial charge on any atom is 0.338 e. The summed E-state index contributed by atoms with van der Waals surface area (Å²) in [5.41, 5.74) is 2.32. The van der Waals surface area contributed by atoms with Crippen molar-refractivity contribution < 1.29 is 9.63 Å². The summed E-state index contributed by atoms with van der Waals surface area (Å²) in [6, 6.07) is -0.255. The van der Waals surface area contributed by atoms with E-state index in [0.717, 1.165) is 12.8 Å². The van der Waals surface area contributed by atoms with Crippen molar-refractivity contribution >= 4 is 6.03 Å². The van der Waals surface area contributed by atoms with Gasteiger partial charge in [-0.1, -0.05) is 27.2 Å². The van der Waals surface area contributed by atoms with Gasteiger partial charge in [0.1, 0.15) is 0 Å². The summed E-state index contributed by atoms with van der Waals surface area (Å²) in [4.78, 5) is 15.9. The molecular formula is C9H20N2O2. The highest BCUT2D eigenvalue weighted by Crippen LogP contribution is 1.89. The van der Waals surface area contributed by atoms with Crippen LogP contribution in [-0.2, 0) is 4.84 Å². The van der Waals surface area contributed by atoms with E-state index in [-0.39, 0.29) is 6.03 Å². The van der Waals surface area contributed by atoms with Crippen LogP contribution in [0.15, 0.2) is 0 Å². The lowest BCUT2D eigenvalue weighted by atomic mass is 10.2. The van der Waals surface area contributed by atoms with Crippen molar-refractivity contribution in [1.29, 1.82) is 0 Å². The molecule has 0 aromatic rings. The van der Waals surface area contributed by atoms with Gasteiger partial charge in [0.2, 0.25) is 0 Å². The van der Waals surface area contributed by atoms with Crippen molar-refractivity contribution in [1.82, 2.24) is 10.8 Å². The van der Waals surface area contributed by atoms with Crippen molar-refractivity contribution in [3.8, 4) is 0 Å². The molecule has 0 aliphatic carbocycles. The topological polar surface area (TPSA) is 50.4 Å². The fourth-order valence-electron chi connectivity index (χ4n) is 0.689. The van der Waals surface area contributed by atoms with Crippen LogP contribution < -0.4 is 10.8 Å². The van der Waals surface area contributed by atoms with E-state index >= 15 is 0 Å². The lowest BCUT2D eigenvalue weighted by molar-refractivity contribution is 0.0441. The molecule has 0 aliphatic heterocycles. The predicted octanol–water partition coefficient (Wildman–Crippen LogP) is 1.67. The Kier molecular flexibility index (Phi) is 7.39. The Morgan fingerprint density at radius 3 is 2.69 bits per heavy atom. The fourth-order valence-corrected chi connectivity index (χ4v) is 0.689. The first-order chi connectivity index (χ1) is 6.16. The van der Waals surface area contributed by atoms with Gasteiger partial charge in [0.05, 0.1) is 6.61 Å². The third kappa shape index (κ3) is 9.14. The highest BCUT2D eigenvalue weighted by molar-refractivity contribution is 5.72. The van der Waals surface area contributed by atoms with Gasteiger partial charge in [0.25, 0.3) is 0 Å². The monoisotopic (exact) mass is 188 g/mol. The Bertz CT molecular complexity index is 138. The normalized spacial score (nSPS) is 10.2. The number of urea groups is 1. The second-order valence-corrected chi connectivity index (χ2v) is 3.42.